The Hall–Kier alpha value is -5.67. The Morgan fingerprint density at radius 3 is 2.40 bits per heavy atom. The molecule has 0 aliphatic carbocycles. The van der Waals surface area contributed by atoms with Gasteiger partial charge >= 0.3 is 0 Å². The normalized spacial score (nSPS) is 10.5. The number of hydrogen-bond acceptors (Lipinski definition) is 9. The minimum Gasteiger partial charge on any atom is -0.382 e. The van der Waals surface area contributed by atoms with Crippen molar-refractivity contribution in [3.05, 3.63) is 111 Å². The number of aromatic nitrogens is 7. The van der Waals surface area contributed by atoms with Gasteiger partial charge in [-0.3, -0.25) is 18.8 Å². The zero-order chi connectivity index (χ0) is 30.5. The number of nitrogens with two attached hydrogens (primary N) is 2. The maximum absolute atomic E-state index is 13.5. The lowest BCUT2D eigenvalue weighted by Crippen LogP contribution is -2.24. The first-order valence-corrected chi connectivity index (χ1v) is 14.1. The van der Waals surface area contributed by atoms with Gasteiger partial charge in [-0.05, 0) is 31.2 Å². The number of rotatable bonds is 4. The van der Waals surface area contributed by atoms with E-state index in [0.29, 0.717) is 34.3 Å². The molecule has 0 saturated heterocycles. The molecule has 43 heavy (non-hydrogen) atoms. The summed E-state index contributed by atoms with van der Waals surface area (Å²) in [5.74, 6) is 6.37. The molecule has 12 heteroatoms. The molecule has 4 N–H and O–H groups in total. The lowest BCUT2D eigenvalue weighted by atomic mass is 10.1. The number of aryl methyl sites for hydroxylation is 2. The molecule has 0 saturated carbocycles. The molecule has 0 atom stereocenters. The molecule has 6 rings (SSSR count). The summed E-state index contributed by atoms with van der Waals surface area (Å²) in [6, 6.07) is 15.2. The average molecular weight is 590 g/mol. The van der Waals surface area contributed by atoms with E-state index < -0.39 is 5.91 Å². The first kappa shape index (κ1) is 28.8. The molecule has 4 aromatic heterocycles. The molecule has 1 amide bonds. The van der Waals surface area contributed by atoms with E-state index in [0.717, 1.165) is 22.8 Å². The van der Waals surface area contributed by atoms with Crippen LogP contribution in [0, 0.1) is 18.8 Å². The fourth-order valence-corrected chi connectivity index (χ4v) is 4.80. The second-order valence-electron chi connectivity index (χ2n) is 9.30. The zero-order valence-electron chi connectivity index (χ0n) is 23.6. The van der Waals surface area contributed by atoms with Gasteiger partial charge in [-0.1, -0.05) is 43.0 Å². The van der Waals surface area contributed by atoms with Gasteiger partial charge in [-0.25, -0.2) is 19.9 Å². The molecule has 0 radical (unpaired) electrons. The van der Waals surface area contributed by atoms with E-state index in [2.05, 4.69) is 31.9 Å². The van der Waals surface area contributed by atoms with Gasteiger partial charge in [-0.2, -0.15) is 5.10 Å². The van der Waals surface area contributed by atoms with Crippen molar-refractivity contribution in [3.63, 3.8) is 0 Å². The molecule has 6 aromatic rings. The highest BCUT2D eigenvalue weighted by Gasteiger charge is 2.14. The number of fused-ring (bicyclic) bond motifs is 1. The molecule has 0 fully saturated rings. The monoisotopic (exact) mass is 589 g/mol. The van der Waals surface area contributed by atoms with Crippen molar-refractivity contribution >= 4 is 34.0 Å². The van der Waals surface area contributed by atoms with E-state index in [1.807, 2.05) is 69.4 Å². The van der Waals surface area contributed by atoms with E-state index in [9.17, 15) is 9.59 Å². The quantitative estimate of drug-likeness (QED) is 0.295. The standard InChI is InChI=1S/C23H20N4O.C8H7N5OS/c1-4-21-25-20-12-8-9-17(13-14-18-15-24-26(3)16(18)2)22(20)23(28)27(21)19-10-6-5-7-11-19;9-7-6(8(10)14)13-4(1-11-7)5-2-15-3-12-5/h5-12,15H,4H2,1-3H3;1-3H,(H2,9,11)(H2,10,14). The Morgan fingerprint density at radius 2 is 1.74 bits per heavy atom. The largest absolute Gasteiger partial charge is 0.382 e. The van der Waals surface area contributed by atoms with Crippen molar-refractivity contribution < 1.29 is 4.79 Å². The third kappa shape index (κ3) is 6.02. The highest BCUT2D eigenvalue weighted by molar-refractivity contribution is 7.07. The lowest BCUT2D eigenvalue weighted by molar-refractivity contribution is 0.0996. The van der Waals surface area contributed by atoms with E-state index in [-0.39, 0.29) is 17.1 Å². The van der Waals surface area contributed by atoms with Crippen molar-refractivity contribution in [2.24, 2.45) is 12.8 Å². The van der Waals surface area contributed by atoms with Crippen LogP contribution in [-0.4, -0.2) is 40.2 Å². The van der Waals surface area contributed by atoms with Gasteiger partial charge in [0.25, 0.3) is 11.5 Å². The first-order valence-electron chi connectivity index (χ1n) is 13.2. The summed E-state index contributed by atoms with van der Waals surface area (Å²) < 4.78 is 3.47. The minimum absolute atomic E-state index is 0.0273. The van der Waals surface area contributed by atoms with Crippen LogP contribution < -0.4 is 17.0 Å². The maximum atomic E-state index is 13.5. The number of nitrogens with zero attached hydrogens (tertiary/aromatic N) is 7. The first-order chi connectivity index (χ1) is 20.8. The fourth-order valence-electron chi connectivity index (χ4n) is 4.26. The number of amides is 1. The van der Waals surface area contributed by atoms with Crippen LogP contribution in [0.25, 0.3) is 28.0 Å². The average Bonchev–Trinajstić information content (AvgIpc) is 3.67. The van der Waals surface area contributed by atoms with Crippen LogP contribution >= 0.6 is 11.3 Å². The van der Waals surface area contributed by atoms with Gasteiger partial charge in [0.2, 0.25) is 0 Å². The number of benzene rings is 2. The Bertz CT molecular complexity index is 2050. The number of hydrogen-bond donors (Lipinski definition) is 2. The highest BCUT2D eigenvalue weighted by atomic mass is 32.1. The number of carbonyl (C=O) groups is 1. The zero-order valence-corrected chi connectivity index (χ0v) is 24.5. The molecule has 0 spiro atoms. The van der Waals surface area contributed by atoms with Crippen LogP contribution in [0.2, 0.25) is 0 Å². The SMILES string of the molecule is CCc1nc2cccc(C#Cc3cnn(C)c3C)c2c(=O)n1-c1ccccc1.NC(=O)c1nc(-c2cscn2)cnc1N. The Balaban J connectivity index is 0.000000207. The van der Waals surface area contributed by atoms with E-state index in [1.165, 1.54) is 17.5 Å². The van der Waals surface area contributed by atoms with Gasteiger partial charge in [0.05, 0.1) is 45.8 Å². The second kappa shape index (κ2) is 12.5. The molecule has 11 nitrogen and oxygen atoms in total. The summed E-state index contributed by atoms with van der Waals surface area (Å²) >= 11 is 1.43. The van der Waals surface area contributed by atoms with Gasteiger partial charge in [-0.15, -0.1) is 11.3 Å². The second-order valence-corrected chi connectivity index (χ2v) is 10.0. The Labute approximate surface area is 250 Å². The van der Waals surface area contributed by atoms with Crippen LogP contribution in [0.5, 0.6) is 0 Å². The topological polar surface area (TPSA) is 160 Å². The number of para-hydroxylation sites is 1. The molecule has 0 bridgehead atoms. The summed E-state index contributed by atoms with van der Waals surface area (Å²) in [6.07, 6.45) is 3.85. The summed E-state index contributed by atoms with van der Waals surface area (Å²) in [5.41, 5.74) is 17.2. The number of nitrogen functional groups attached to an aromatic ring is 1. The molecule has 214 valence electrons. The Morgan fingerprint density at radius 1 is 0.977 bits per heavy atom. The number of primary amides is 1. The molecule has 0 unspecified atom stereocenters. The van der Waals surface area contributed by atoms with Gasteiger partial charge in [0, 0.05) is 24.4 Å². The number of anilines is 1. The van der Waals surface area contributed by atoms with E-state index >= 15 is 0 Å². The molecule has 0 aliphatic rings. The summed E-state index contributed by atoms with van der Waals surface area (Å²) in [7, 11) is 1.88. The van der Waals surface area contributed by atoms with Crippen LogP contribution in [0.3, 0.4) is 0 Å². The van der Waals surface area contributed by atoms with Gasteiger partial charge in [0.1, 0.15) is 17.2 Å². The van der Waals surface area contributed by atoms with Crippen molar-refractivity contribution in [3.8, 4) is 28.9 Å². The molecule has 4 heterocycles. The third-order valence-corrected chi connectivity index (χ3v) is 7.18. The van der Waals surface area contributed by atoms with E-state index in [4.69, 9.17) is 16.5 Å². The number of carbonyl (C=O) groups excluding carboxylic acids is 1. The smallest absolute Gasteiger partial charge is 0.271 e. The Kier molecular flexibility index (Phi) is 8.36. The van der Waals surface area contributed by atoms with Crippen molar-refractivity contribution in [2.75, 3.05) is 5.73 Å². The molecule has 2 aromatic carbocycles. The van der Waals surface area contributed by atoms with Crippen molar-refractivity contribution in [2.45, 2.75) is 20.3 Å². The van der Waals surface area contributed by atoms with Crippen LogP contribution in [0.4, 0.5) is 5.82 Å². The lowest BCUT2D eigenvalue weighted by Gasteiger charge is -2.13. The van der Waals surface area contributed by atoms with Crippen LogP contribution in [0.15, 0.2) is 76.6 Å². The fraction of sp³-hybridized carbons (Fsp3) is 0.129. The molecule has 0 aliphatic heterocycles. The van der Waals surface area contributed by atoms with Crippen molar-refractivity contribution in [1.82, 2.24) is 34.3 Å². The maximum Gasteiger partial charge on any atom is 0.271 e. The summed E-state index contributed by atoms with van der Waals surface area (Å²) in [6.45, 7) is 3.97. The number of thiazole rings is 1. The van der Waals surface area contributed by atoms with Crippen LogP contribution in [-0.2, 0) is 13.5 Å². The van der Waals surface area contributed by atoms with Gasteiger partial charge < -0.3 is 11.5 Å². The minimum atomic E-state index is -0.697. The molecular weight excluding hydrogens is 562 g/mol. The molecular formula is C31H27N9O2S. The van der Waals surface area contributed by atoms with Crippen LogP contribution in [0.1, 0.15) is 40.1 Å². The predicted molar refractivity (Wildman–Crippen MR) is 167 cm³/mol. The van der Waals surface area contributed by atoms with E-state index in [1.54, 1.807) is 26.3 Å². The third-order valence-electron chi connectivity index (χ3n) is 6.59. The summed E-state index contributed by atoms with van der Waals surface area (Å²) in [5, 5.41) is 6.56. The van der Waals surface area contributed by atoms with Crippen molar-refractivity contribution in [1.29, 1.82) is 0 Å². The summed E-state index contributed by atoms with van der Waals surface area (Å²) in [4.78, 5) is 41.0. The van der Waals surface area contributed by atoms with Gasteiger partial charge in [0.15, 0.2) is 11.5 Å². The predicted octanol–water partition coefficient (Wildman–Crippen LogP) is 3.67. The highest BCUT2D eigenvalue weighted by Crippen LogP contribution is 2.18.